The van der Waals surface area contributed by atoms with E-state index in [-0.39, 0.29) is 17.3 Å². The van der Waals surface area contributed by atoms with Gasteiger partial charge < -0.3 is 4.90 Å². The van der Waals surface area contributed by atoms with E-state index in [1.54, 1.807) is 30.0 Å². The van der Waals surface area contributed by atoms with Gasteiger partial charge in [-0.05, 0) is 36.8 Å². The van der Waals surface area contributed by atoms with Crippen LogP contribution < -0.4 is 0 Å². The lowest BCUT2D eigenvalue weighted by Crippen LogP contribution is -2.41. The van der Waals surface area contributed by atoms with Crippen molar-refractivity contribution in [3.63, 3.8) is 0 Å². The molecule has 0 saturated carbocycles. The SMILES string of the molecule is Cc1cccc(C(=O)N2CCC(C)(C)CC2)c1F. The molecule has 3 heteroatoms. The summed E-state index contributed by atoms with van der Waals surface area (Å²) in [5.74, 6) is -0.556. The molecule has 0 bridgehead atoms. The fourth-order valence-corrected chi connectivity index (χ4v) is 2.30. The van der Waals surface area contributed by atoms with Gasteiger partial charge in [-0.3, -0.25) is 4.79 Å². The fourth-order valence-electron chi connectivity index (χ4n) is 2.30. The molecule has 2 nitrogen and oxygen atoms in total. The summed E-state index contributed by atoms with van der Waals surface area (Å²) >= 11 is 0. The molecule has 1 saturated heterocycles. The highest BCUT2D eigenvalue weighted by Gasteiger charge is 2.29. The second kappa shape index (κ2) is 4.71. The smallest absolute Gasteiger partial charge is 0.256 e. The summed E-state index contributed by atoms with van der Waals surface area (Å²) in [4.78, 5) is 14.0. The Labute approximate surface area is 108 Å². The molecule has 18 heavy (non-hydrogen) atoms. The number of aryl methyl sites for hydroxylation is 1. The molecule has 0 radical (unpaired) electrons. The van der Waals surface area contributed by atoms with Crippen molar-refractivity contribution in [3.05, 3.63) is 35.1 Å². The summed E-state index contributed by atoms with van der Waals surface area (Å²) in [7, 11) is 0. The lowest BCUT2D eigenvalue weighted by atomic mass is 9.82. The largest absolute Gasteiger partial charge is 0.339 e. The first-order chi connectivity index (χ1) is 8.41. The number of benzene rings is 1. The van der Waals surface area contributed by atoms with Gasteiger partial charge in [0.15, 0.2) is 0 Å². The third-order valence-electron chi connectivity index (χ3n) is 3.83. The second-order valence-corrected chi connectivity index (χ2v) is 5.89. The number of carbonyl (C=O) groups is 1. The Morgan fingerprint density at radius 1 is 1.28 bits per heavy atom. The van der Waals surface area contributed by atoms with Crippen LogP contribution in [-0.4, -0.2) is 23.9 Å². The molecule has 0 aliphatic carbocycles. The highest BCUT2D eigenvalue weighted by molar-refractivity contribution is 5.94. The highest BCUT2D eigenvalue weighted by atomic mass is 19.1. The van der Waals surface area contributed by atoms with Gasteiger partial charge in [0.05, 0.1) is 5.56 Å². The van der Waals surface area contributed by atoms with Crippen LogP contribution in [-0.2, 0) is 0 Å². The molecule has 1 amide bonds. The molecule has 0 N–H and O–H groups in total. The standard InChI is InChI=1S/C15H20FNO/c1-11-5-4-6-12(13(11)16)14(18)17-9-7-15(2,3)8-10-17/h4-6H,7-10H2,1-3H3. The van der Waals surface area contributed by atoms with E-state index in [4.69, 9.17) is 0 Å². The van der Waals surface area contributed by atoms with Crippen molar-refractivity contribution in [2.45, 2.75) is 33.6 Å². The summed E-state index contributed by atoms with van der Waals surface area (Å²) < 4.78 is 13.9. The van der Waals surface area contributed by atoms with E-state index in [9.17, 15) is 9.18 Å². The van der Waals surface area contributed by atoms with Crippen LogP contribution in [0.4, 0.5) is 4.39 Å². The van der Waals surface area contributed by atoms with Gasteiger partial charge in [0, 0.05) is 13.1 Å². The maximum absolute atomic E-state index is 13.9. The topological polar surface area (TPSA) is 20.3 Å². The average Bonchev–Trinajstić information content (AvgIpc) is 2.32. The van der Waals surface area contributed by atoms with Gasteiger partial charge in [0.2, 0.25) is 0 Å². The van der Waals surface area contributed by atoms with Crippen molar-refractivity contribution < 1.29 is 9.18 Å². The molecule has 1 aliphatic rings. The molecule has 98 valence electrons. The van der Waals surface area contributed by atoms with Crippen LogP contribution in [0.25, 0.3) is 0 Å². The number of rotatable bonds is 1. The number of piperidine rings is 1. The third kappa shape index (κ3) is 2.55. The molecule has 2 rings (SSSR count). The van der Waals surface area contributed by atoms with Gasteiger partial charge in [0.1, 0.15) is 5.82 Å². The molecular formula is C15H20FNO. The number of hydrogen-bond donors (Lipinski definition) is 0. The number of carbonyl (C=O) groups excluding carboxylic acids is 1. The summed E-state index contributed by atoms with van der Waals surface area (Å²) in [6.45, 7) is 7.55. The highest BCUT2D eigenvalue weighted by Crippen LogP contribution is 2.30. The molecule has 1 aromatic rings. The molecule has 0 atom stereocenters. The summed E-state index contributed by atoms with van der Waals surface area (Å²) in [5, 5.41) is 0. The maximum atomic E-state index is 13.9. The molecule has 1 heterocycles. The Balaban J connectivity index is 2.15. The first kappa shape index (κ1) is 13.1. The minimum Gasteiger partial charge on any atom is -0.339 e. The van der Waals surface area contributed by atoms with Crippen molar-refractivity contribution in [1.82, 2.24) is 4.90 Å². The number of amides is 1. The zero-order valence-electron chi connectivity index (χ0n) is 11.3. The van der Waals surface area contributed by atoms with E-state index in [0.717, 1.165) is 25.9 Å². The Morgan fingerprint density at radius 2 is 1.89 bits per heavy atom. The predicted molar refractivity (Wildman–Crippen MR) is 70.1 cm³/mol. The molecule has 0 aromatic heterocycles. The lowest BCUT2D eigenvalue weighted by Gasteiger charge is -2.37. The Bertz CT molecular complexity index is 458. The first-order valence-corrected chi connectivity index (χ1v) is 6.45. The zero-order valence-corrected chi connectivity index (χ0v) is 11.3. The molecule has 0 unspecified atom stereocenters. The number of hydrogen-bond acceptors (Lipinski definition) is 1. The van der Waals surface area contributed by atoms with Gasteiger partial charge in [-0.25, -0.2) is 4.39 Å². The number of nitrogens with zero attached hydrogens (tertiary/aromatic N) is 1. The monoisotopic (exact) mass is 249 g/mol. The van der Waals surface area contributed by atoms with Crippen molar-refractivity contribution >= 4 is 5.91 Å². The van der Waals surface area contributed by atoms with Crippen LogP contribution in [0, 0.1) is 18.2 Å². The third-order valence-corrected chi connectivity index (χ3v) is 3.83. The van der Waals surface area contributed by atoms with Gasteiger partial charge >= 0.3 is 0 Å². The summed E-state index contributed by atoms with van der Waals surface area (Å²) in [6, 6.07) is 5.00. The number of likely N-dealkylation sites (tertiary alicyclic amines) is 1. The second-order valence-electron chi connectivity index (χ2n) is 5.89. The summed E-state index contributed by atoms with van der Waals surface area (Å²) in [5.41, 5.74) is 1.02. The van der Waals surface area contributed by atoms with Crippen LogP contribution in [0.5, 0.6) is 0 Å². The minimum absolute atomic E-state index is 0.174. The van der Waals surface area contributed by atoms with E-state index in [0.29, 0.717) is 11.0 Å². The molecule has 1 fully saturated rings. The van der Waals surface area contributed by atoms with E-state index < -0.39 is 0 Å². The summed E-state index contributed by atoms with van der Waals surface area (Å²) in [6.07, 6.45) is 1.96. The Kier molecular flexibility index (Phi) is 3.42. The van der Waals surface area contributed by atoms with Crippen LogP contribution in [0.2, 0.25) is 0 Å². The molecular weight excluding hydrogens is 229 g/mol. The van der Waals surface area contributed by atoms with Crippen LogP contribution in [0.15, 0.2) is 18.2 Å². The maximum Gasteiger partial charge on any atom is 0.256 e. The lowest BCUT2D eigenvalue weighted by molar-refractivity contribution is 0.0625. The van der Waals surface area contributed by atoms with Crippen LogP contribution in [0.3, 0.4) is 0 Å². The Morgan fingerprint density at radius 3 is 2.50 bits per heavy atom. The molecule has 1 aliphatic heterocycles. The van der Waals surface area contributed by atoms with Gasteiger partial charge in [-0.2, -0.15) is 0 Å². The van der Waals surface area contributed by atoms with E-state index in [1.807, 2.05) is 0 Å². The molecule has 0 spiro atoms. The minimum atomic E-state index is -0.382. The van der Waals surface area contributed by atoms with Crippen molar-refractivity contribution in [2.75, 3.05) is 13.1 Å². The van der Waals surface area contributed by atoms with Crippen molar-refractivity contribution in [2.24, 2.45) is 5.41 Å². The van der Waals surface area contributed by atoms with Gasteiger partial charge in [-0.15, -0.1) is 0 Å². The predicted octanol–water partition coefficient (Wildman–Crippen LogP) is 3.40. The van der Waals surface area contributed by atoms with Crippen LogP contribution in [0.1, 0.15) is 42.6 Å². The Hall–Kier alpha value is -1.38. The van der Waals surface area contributed by atoms with E-state index >= 15 is 0 Å². The average molecular weight is 249 g/mol. The van der Waals surface area contributed by atoms with E-state index in [2.05, 4.69) is 13.8 Å². The van der Waals surface area contributed by atoms with Crippen molar-refractivity contribution in [3.8, 4) is 0 Å². The number of halogens is 1. The van der Waals surface area contributed by atoms with Crippen molar-refractivity contribution in [1.29, 1.82) is 0 Å². The zero-order chi connectivity index (χ0) is 13.3. The van der Waals surface area contributed by atoms with Crippen LogP contribution >= 0.6 is 0 Å². The molecule has 1 aromatic carbocycles. The van der Waals surface area contributed by atoms with Gasteiger partial charge in [-0.1, -0.05) is 26.0 Å². The fraction of sp³-hybridized carbons (Fsp3) is 0.533. The first-order valence-electron chi connectivity index (χ1n) is 6.45. The van der Waals surface area contributed by atoms with Gasteiger partial charge in [0.25, 0.3) is 5.91 Å². The normalized spacial score (nSPS) is 18.8. The quantitative estimate of drug-likeness (QED) is 0.747. The van der Waals surface area contributed by atoms with E-state index in [1.165, 1.54) is 0 Å².